The lowest BCUT2D eigenvalue weighted by molar-refractivity contribution is -0.894. The molecule has 0 rings (SSSR count). The Morgan fingerprint density at radius 2 is 1.79 bits per heavy atom. The van der Waals surface area contributed by atoms with Crippen LogP contribution in [0.15, 0.2) is 6.08 Å². The number of quaternary nitrogens is 1. The smallest absolute Gasteiger partial charge is 0.336 e. The summed E-state index contributed by atoms with van der Waals surface area (Å²) in [5, 5.41) is 7.76. The molecule has 0 aromatic heterocycles. The lowest BCUT2D eigenvalue weighted by Crippen LogP contribution is -3.11. The quantitative estimate of drug-likeness (QED) is 0.391. The lowest BCUT2D eigenvalue weighted by atomic mass is 10.5. The molecule has 0 atom stereocenters. The molecular formula is C10H20N2O2. The number of esters is 1. The van der Waals surface area contributed by atoms with Crippen LogP contribution in [0.1, 0.15) is 20.8 Å². The molecule has 0 aromatic carbocycles. The Kier molecular flexibility index (Phi) is 13.0. The summed E-state index contributed by atoms with van der Waals surface area (Å²) in [6.45, 7) is 10.5. The van der Waals surface area contributed by atoms with E-state index < -0.39 is 5.97 Å². The Hall–Kier alpha value is -1.12. The van der Waals surface area contributed by atoms with E-state index in [9.17, 15) is 4.79 Å². The molecule has 0 saturated carbocycles. The molecule has 0 unspecified atom stereocenters. The standard InChI is InChI=1S/C6H15N.C4H4NO2/c1-4-7(5-2)6-3;1-7-4(6)2-3-5/h4-6H2,1-3H3;2H,1H3/q;-1/p+1. The van der Waals surface area contributed by atoms with Gasteiger partial charge in [0.15, 0.2) is 0 Å². The van der Waals surface area contributed by atoms with Crippen molar-refractivity contribution in [2.24, 2.45) is 0 Å². The van der Waals surface area contributed by atoms with Gasteiger partial charge in [-0.1, -0.05) is 0 Å². The second-order valence-electron chi connectivity index (χ2n) is 2.61. The van der Waals surface area contributed by atoms with Crippen LogP contribution in [0.5, 0.6) is 0 Å². The van der Waals surface area contributed by atoms with Crippen molar-refractivity contribution in [3.63, 3.8) is 0 Å². The molecule has 0 fully saturated rings. The average Bonchev–Trinajstić information content (AvgIpc) is 2.22. The first-order valence-corrected chi connectivity index (χ1v) is 4.80. The molecule has 0 heterocycles. The predicted molar refractivity (Wildman–Crippen MR) is 57.5 cm³/mol. The predicted octanol–water partition coefficient (Wildman–Crippen LogP) is -0.114. The van der Waals surface area contributed by atoms with Gasteiger partial charge >= 0.3 is 5.97 Å². The molecule has 14 heavy (non-hydrogen) atoms. The molecule has 0 saturated heterocycles. The molecule has 82 valence electrons. The van der Waals surface area contributed by atoms with Crippen molar-refractivity contribution in [2.75, 3.05) is 26.7 Å². The molecule has 0 aliphatic carbocycles. The fourth-order valence-electron chi connectivity index (χ4n) is 0.862. The minimum Gasteiger partial charge on any atom is -0.763 e. The third-order valence-electron chi connectivity index (χ3n) is 1.88. The zero-order valence-electron chi connectivity index (χ0n) is 9.46. The van der Waals surface area contributed by atoms with Crippen LogP contribution in [0, 0.1) is 0 Å². The molecule has 0 aliphatic heterocycles. The van der Waals surface area contributed by atoms with Gasteiger partial charge < -0.3 is 15.0 Å². The number of carbonyl (C=O) groups is 1. The average molecular weight is 200 g/mol. The molecule has 4 nitrogen and oxygen atoms in total. The van der Waals surface area contributed by atoms with Crippen LogP contribution < -0.4 is 4.90 Å². The maximum atomic E-state index is 9.91. The number of hydrogen-bond donors (Lipinski definition) is 1. The molecule has 4 heteroatoms. The van der Waals surface area contributed by atoms with Crippen LogP contribution in [0.4, 0.5) is 0 Å². The van der Waals surface area contributed by atoms with Crippen molar-refractivity contribution in [2.45, 2.75) is 20.8 Å². The van der Waals surface area contributed by atoms with Crippen LogP contribution in [0.2, 0.25) is 0 Å². The monoisotopic (exact) mass is 200 g/mol. The summed E-state index contributed by atoms with van der Waals surface area (Å²) in [6.07, 6.45) is 0.792. The van der Waals surface area contributed by atoms with Crippen molar-refractivity contribution >= 4 is 11.8 Å². The number of nitrogens with one attached hydrogen (secondary N) is 1. The van der Waals surface area contributed by atoms with Gasteiger partial charge in [0.25, 0.3) is 0 Å². The summed E-state index contributed by atoms with van der Waals surface area (Å²) in [6, 6.07) is 0. The van der Waals surface area contributed by atoms with E-state index in [1.165, 1.54) is 32.6 Å². The van der Waals surface area contributed by atoms with Gasteiger partial charge in [-0.3, -0.25) is 5.87 Å². The van der Waals surface area contributed by atoms with Crippen LogP contribution >= 0.6 is 0 Å². The van der Waals surface area contributed by atoms with E-state index >= 15 is 0 Å². The van der Waals surface area contributed by atoms with Crippen LogP contribution in [-0.4, -0.2) is 38.6 Å². The van der Waals surface area contributed by atoms with Crippen LogP contribution in [-0.2, 0) is 9.53 Å². The van der Waals surface area contributed by atoms with Crippen molar-refractivity contribution in [3.8, 4) is 0 Å². The molecule has 0 amide bonds. The number of nitrogens with zero attached hydrogens (tertiary/aromatic N) is 1. The zero-order chi connectivity index (χ0) is 11.4. The molecule has 1 N–H and O–H groups in total. The van der Waals surface area contributed by atoms with Gasteiger partial charge in [0.1, 0.15) is 0 Å². The van der Waals surface area contributed by atoms with Crippen LogP contribution in [0.25, 0.3) is 5.41 Å². The van der Waals surface area contributed by atoms with Crippen molar-refractivity contribution < 1.29 is 14.4 Å². The minimum absolute atomic E-state index is 0.609. The summed E-state index contributed by atoms with van der Waals surface area (Å²) in [5.41, 5.74) is 0. The minimum atomic E-state index is -0.609. The van der Waals surface area contributed by atoms with Crippen molar-refractivity contribution in [3.05, 3.63) is 11.5 Å². The van der Waals surface area contributed by atoms with Gasteiger partial charge in [-0.05, 0) is 20.8 Å². The first-order chi connectivity index (χ1) is 6.65. The van der Waals surface area contributed by atoms with Crippen LogP contribution in [0.3, 0.4) is 0 Å². The highest BCUT2D eigenvalue weighted by Gasteiger charge is 1.92. The highest BCUT2D eigenvalue weighted by molar-refractivity contribution is 5.91. The first-order valence-electron chi connectivity index (χ1n) is 4.80. The largest absolute Gasteiger partial charge is 0.763 e. The van der Waals surface area contributed by atoms with E-state index in [-0.39, 0.29) is 0 Å². The van der Waals surface area contributed by atoms with Crippen molar-refractivity contribution in [1.29, 1.82) is 0 Å². The summed E-state index contributed by atoms with van der Waals surface area (Å²) in [7, 11) is 1.22. The SMILES string of the molecule is CC[NH+](CC)CC.COC(=O)C=C=[N-]. The zero-order valence-corrected chi connectivity index (χ0v) is 9.46. The Morgan fingerprint density at radius 1 is 1.36 bits per heavy atom. The number of hydrogen-bond acceptors (Lipinski definition) is 2. The van der Waals surface area contributed by atoms with Crippen molar-refractivity contribution in [1.82, 2.24) is 0 Å². The Bertz CT molecular complexity index is 177. The Morgan fingerprint density at radius 3 is 1.86 bits per heavy atom. The summed E-state index contributed by atoms with van der Waals surface area (Å²) < 4.78 is 4.07. The second kappa shape index (κ2) is 11.9. The van der Waals surface area contributed by atoms with E-state index in [4.69, 9.17) is 5.41 Å². The van der Waals surface area contributed by atoms with E-state index in [1.54, 1.807) is 4.90 Å². The molecule has 0 aromatic rings. The molecule has 0 spiro atoms. The third-order valence-corrected chi connectivity index (χ3v) is 1.88. The number of methoxy groups -OCH3 is 1. The number of rotatable bonds is 4. The van der Waals surface area contributed by atoms with Gasteiger partial charge in [0, 0.05) is 6.08 Å². The maximum absolute atomic E-state index is 9.91. The maximum Gasteiger partial charge on any atom is 0.336 e. The topological polar surface area (TPSA) is 53.0 Å². The fourth-order valence-corrected chi connectivity index (χ4v) is 0.862. The molecule has 0 radical (unpaired) electrons. The third kappa shape index (κ3) is 10.9. The second-order valence-corrected chi connectivity index (χ2v) is 2.61. The van der Waals surface area contributed by atoms with E-state index in [0.717, 1.165) is 6.08 Å². The van der Waals surface area contributed by atoms with Gasteiger partial charge in [-0.2, -0.15) is 0 Å². The molecular weight excluding hydrogens is 180 g/mol. The summed E-state index contributed by atoms with van der Waals surface area (Å²) >= 11 is 0. The van der Waals surface area contributed by atoms with E-state index in [1.807, 2.05) is 0 Å². The van der Waals surface area contributed by atoms with E-state index in [2.05, 4.69) is 25.5 Å². The Balaban J connectivity index is 0. The number of carbonyl (C=O) groups excluding carboxylic acids is 1. The van der Waals surface area contributed by atoms with E-state index in [0.29, 0.717) is 0 Å². The Labute approximate surface area is 86.1 Å². The lowest BCUT2D eigenvalue weighted by Gasteiger charge is -2.10. The highest BCUT2D eigenvalue weighted by atomic mass is 16.5. The van der Waals surface area contributed by atoms with Gasteiger partial charge in [-0.25, -0.2) is 4.79 Å². The normalized spacial score (nSPS) is 8.36. The highest BCUT2D eigenvalue weighted by Crippen LogP contribution is 1.67. The molecule has 0 bridgehead atoms. The fraction of sp³-hybridized carbons (Fsp3) is 0.700. The first kappa shape index (κ1) is 15.4. The van der Waals surface area contributed by atoms with Gasteiger partial charge in [-0.15, -0.1) is 0 Å². The number of ether oxygens (including phenoxy) is 1. The van der Waals surface area contributed by atoms with Gasteiger partial charge in [0.05, 0.1) is 26.7 Å². The van der Waals surface area contributed by atoms with Gasteiger partial charge in [0.2, 0.25) is 0 Å². The summed E-state index contributed by atoms with van der Waals surface area (Å²) in [5.74, 6) is 0.910. The molecule has 0 aliphatic rings. The summed E-state index contributed by atoms with van der Waals surface area (Å²) in [4.78, 5) is 11.6.